The van der Waals surface area contributed by atoms with E-state index in [1.54, 1.807) is 96.3 Å². The minimum absolute atomic E-state index is 1.02. The molecule has 9 unspecified atom stereocenters. The van der Waals surface area contributed by atoms with Crippen LogP contribution in [0, 0.1) is 53.3 Å². The lowest BCUT2D eigenvalue weighted by molar-refractivity contribution is -0.0289. The van der Waals surface area contributed by atoms with E-state index in [0.29, 0.717) is 0 Å². The van der Waals surface area contributed by atoms with Gasteiger partial charge in [-0.05, 0) is 105 Å². The molecule has 5 rings (SSSR count). The van der Waals surface area contributed by atoms with Gasteiger partial charge >= 0.3 is 0 Å². The first kappa shape index (κ1) is 17.1. The largest absolute Gasteiger partial charge is 0.0622 e. The van der Waals surface area contributed by atoms with Crippen LogP contribution in [0.5, 0.6) is 0 Å². The lowest BCUT2D eigenvalue weighted by Crippen LogP contribution is -2.44. The molecule has 0 heterocycles. The maximum atomic E-state index is 2.64. The minimum atomic E-state index is 1.02. The third-order valence-corrected chi connectivity index (χ3v) is 10.3. The number of rotatable bonds is 0. The van der Waals surface area contributed by atoms with Crippen LogP contribution in [-0.2, 0) is 0 Å². The van der Waals surface area contributed by atoms with Gasteiger partial charge in [-0.3, -0.25) is 0 Å². The SMILES string of the molecule is CC1CCCC2CCC1C1CCC2C2CCC1C1CCCCC2CC1. The molecule has 0 aromatic carbocycles. The Morgan fingerprint density at radius 3 is 1.44 bits per heavy atom. The van der Waals surface area contributed by atoms with Gasteiger partial charge in [-0.15, -0.1) is 0 Å². The predicted molar refractivity (Wildman–Crippen MR) is 106 cm³/mol. The van der Waals surface area contributed by atoms with E-state index in [1.165, 1.54) is 0 Å². The van der Waals surface area contributed by atoms with Gasteiger partial charge in [0.05, 0.1) is 0 Å². The van der Waals surface area contributed by atoms with Crippen LogP contribution < -0.4 is 0 Å². The van der Waals surface area contributed by atoms with Crippen molar-refractivity contribution in [3.8, 4) is 0 Å². The lowest BCUT2D eigenvalue weighted by atomic mass is 9.52. The highest BCUT2D eigenvalue weighted by Gasteiger charge is 2.47. The maximum Gasteiger partial charge on any atom is -0.0352 e. The summed E-state index contributed by atoms with van der Waals surface area (Å²) in [5.41, 5.74) is 0. The summed E-state index contributed by atoms with van der Waals surface area (Å²) in [5, 5.41) is 0. The molecule has 142 valence electrons. The van der Waals surface area contributed by atoms with E-state index in [0.717, 1.165) is 53.3 Å². The molecule has 5 aliphatic rings. The van der Waals surface area contributed by atoms with E-state index in [9.17, 15) is 0 Å². The van der Waals surface area contributed by atoms with Crippen LogP contribution in [0.1, 0.15) is 103 Å². The topological polar surface area (TPSA) is 0 Å². The molecule has 9 atom stereocenters. The summed E-state index contributed by atoms with van der Waals surface area (Å²) in [5.74, 6) is 9.92. The molecule has 0 aromatic heterocycles. The van der Waals surface area contributed by atoms with Crippen LogP contribution >= 0.6 is 0 Å². The van der Waals surface area contributed by atoms with Crippen LogP contribution in [0.15, 0.2) is 0 Å². The molecule has 0 aliphatic heterocycles. The van der Waals surface area contributed by atoms with Crippen LogP contribution in [0.2, 0.25) is 0 Å². The van der Waals surface area contributed by atoms with Gasteiger partial charge in [0.25, 0.3) is 0 Å². The standard InChI is InChI=1S/C25H42/c1-17-5-4-8-20-11-12-21(17)25-16-15-23(20)22-13-14-24(25)19-7-3-2-6-18(22)9-10-19/h17-25H,2-16H2,1H3. The molecule has 0 spiro atoms. The Bertz CT molecular complexity index is 453. The molecular formula is C25H42. The van der Waals surface area contributed by atoms with Crippen LogP contribution in [0.25, 0.3) is 0 Å². The molecule has 5 saturated carbocycles. The molecular weight excluding hydrogens is 300 g/mol. The summed E-state index contributed by atoms with van der Waals surface area (Å²) in [6.45, 7) is 2.64. The van der Waals surface area contributed by atoms with Gasteiger partial charge in [0.2, 0.25) is 0 Å². The summed E-state index contributed by atoms with van der Waals surface area (Å²) < 4.78 is 0. The van der Waals surface area contributed by atoms with E-state index in [-0.39, 0.29) is 0 Å². The third kappa shape index (κ3) is 3.12. The predicted octanol–water partition coefficient (Wildman–Crippen LogP) is 7.47. The van der Waals surface area contributed by atoms with Crippen molar-refractivity contribution in [1.82, 2.24) is 0 Å². The molecule has 0 amide bonds. The summed E-state index contributed by atoms with van der Waals surface area (Å²) in [6.07, 6.45) is 23.9. The fraction of sp³-hybridized carbons (Fsp3) is 1.00. The zero-order chi connectivity index (χ0) is 16.8. The summed E-state index contributed by atoms with van der Waals surface area (Å²) in [6, 6.07) is 0. The molecule has 5 aliphatic carbocycles. The molecule has 25 heavy (non-hydrogen) atoms. The van der Waals surface area contributed by atoms with E-state index >= 15 is 0 Å². The van der Waals surface area contributed by atoms with Gasteiger partial charge in [-0.2, -0.15) is 0 Å². The zero-order valence-corrected chi connectivity index (χ0v) is 16.8. The summed E-state index contributed by atoms with van der Waals surface area (Å²) in [4.78, 5) is 0. The van der Waals surface area contributed by atoms with Crippen molar-refractivity contribution in [2.45, 2.75) is 103 Å². The fourth-order valence-corrected chi connectivity index (χ4v) is 9.12. The van der Waals surface area contributed by atoms with Gasteiger partial charge in [-0.1, -0.05) is 51.9 Å². The first-order valence-electron chi connectivity index (χ1n) is 12.3. The molecule has 0 radical (unpaired) electrons. The molecule has 0 nitrogen and oxygen atoms in total. The van der Waals surface area contributed by atoms with Gasteiger partial charge < -0.3 is 0 Å². The second-order valence-corrected chi connectivity index (χ2v) is 11.1. The van der Waals surface area contributed by atoms with E-state index in [1.807, 2.05) is 0 Å². The number of hydrogen-bond acceptors (Lipinski definition) is 0. The monoisotopic (exact) mass is 342 g/mol. The normalized spacial score (nSPS) is 53.4. The van der Waals surface area contributed by atoms with Gasteiger partial charge in [-0.25, -0.2) is 0 Å². The Balaban J connectivity index is 1.57. The fourth-order valence-electron chi connectivity index (χ4n) is 9.12. The molecule has 0 heteroatoms. The highest BCUT2D eigenvalue weighted by atomic mass is 14.5. The lowest BCUT2D eigenvalue weighted by Gasteiger charge is -2.53. The van der Waals surface area contributed by atoms with Crippen molar-refractivity contribution in [3.63, 3.8) is 0 Å². The van der Waals surface area contributed by atoms with Crippen LogP contribution in [-0.4, -0.2) is 0 Å². The zero-order valence-electron chi connectivity index (χ0n) is 16.8. The van der Waals surface area contributed by atoms with Crippen molar-refractivity contribution in [1.29, 1.82) is 0 Å². The highest BCUT2D eigenvalue weighted by molar-refractivity contribution is 4.97. The maximum absolute atomic E-state index is 2.64. The van der Waals surface area contributed by atoms with Crippen LogP contribution in [0.4, 0.5) is 0 Å². The Hall–Kier alpha value is 0. The second kappa shape index (κ2) is 7.20. The van der Waals surface area contributed by atoms with Crippen molar-refractivity contribution < 1.29 is 0 Å². The minimum Gasteiger partial charge on any atom is -0.0622 e. The number of hydrogen-bond donors (Lipinski definition) is 0. The van der Waals surface area contributed by atoms with E-state index < -0.39 is 0 Å². The molecule has 0 aromatic rings. The summed E-state index contributed by atoms with van der Waals surface area (Å²) >= 11 is 0. The van der Waals surface area contributed by atoms with Crippen molar-refractivity contribution in [3.05, 3.63) is 0 Å². The first-order valence-corrected chi connectivity index (χ1v) is 12.3. The van der Waals surface area contributed by atoms with Crippen molar-refractivity contribution in [2.75, 3.05) is 0 Å². The van der Waals surface area contributed by atoms with Gasteiger partial charge in [0.1, 0.15) is 0 Å². The first-order chi connectivity index (χ1) is 12.3. The Morgan fingerprint density at radius 2 is 0.800 bits per heavy atom. The smallest absolute Gasteiger partial charge is 0.0352 e. The quantitative estimate of drug-likeness (QED) is 0.400. The van der Waals surface area contributed by atoms with Crippen LogP contribution in [0.3, 0.4) is 0 Å². The highest BCUT2D eigenvalue weighted by Crippen LogP contribution is 2.56. The van der Waals surface area contributed by atoms with Crippen molar-refractivity contribution in [2.24, 2.45) is 53.3 Å². The number of fused-ring (bicyclic) bond motifs is 18. The Kier molecular flexibility index (Phi) is 4.93. The average Bonchev–Trinajstić information content (AvgIpc) is 2.54. The molecule has 0 N–H and O–H groups in total. The summed E-state index contributed by atoms with van der Waals surface area (Å²) in [7, 11) is 0. The van der Waals surface area contributed by atoms with Gasteiger partial charge in [0.15, 0.2) is 0 Å². The van der Waals surface area contributed by atoms with Gasteiger partial charge in [0, 0.05) is 0 Å². The Labute approximate surface area is 156 Å². The third-order valence-electron chi connectivity index (χ3n) is 10.3. The molecule has 0 saturated heterocycles. The second-order valence-electron chi connectivity index (χ2n) is 11.1. The molecule has 5 fully saturated rings. The van der Waals surface area contributed by atoms with Crippen molar-refractivity contribution >= 4 is 0 Å². The average molecular weight is 343 g/mol. The molecule has 8 bridgehead atoms. The van der Waals surface area contributed by atoms with E-state index in [4.69, 9.17) is 0 Å². The van der Waals surface area contributed by atoms with E-state index in [2.05, 4.69) is 6.92 Å². The Morgan fingerprint density at radius 1 is 0.360 bits per heavy atom.